The van der Waals surface area contributed by atoms with E-state index in [1.807, 2.05) is 13.0 Å². The number of piperidine rings is 1. The third kappa shape index (κ3) is 2.01. The number of nitrogens with two attached hydrogens (primary N) is 1. The van der Waals surface area contributed by atoms with Crippen LogP contribution >= 0.6 is 0 Å². The summed E-state index contributed by atoms with van der Waals surface area (Å²) in [4.78, 5) is 8.33. The number of aryl methyl sites for hydroxylation is 1. The van der Waals surface area contributed by atoms with Gasteiger partial charge >= 0.3 is 0 Å². The first kappa shape index (κ1) is 9.40. The molecule has 1 aromatic heterocycles. The van der Waals surface area contributed by atoms with Crippen molar-refractivity contribution in [3.8, 4) is 0 Å². The van der Waals surface area contributed by atoms with E-state index in [1.54, 1.807) is 0 Å². The zero-order chi connectivity index (χ0) is 9.97. The molecule has 2 rings (SSSR count). The Morgan fingerprint density at radius 2 is 2.29 bits per heavy atom. The molecule has 1 atom stereocenters. The van der Waals surface area contributed by atoms with Crippen molar-refractivity contribution in [3.63, 3.8) is 0 Å². The Morgan fingerprint density at radius 3 is 2.93 bits per heavy atom. The summed E-state index contributed by atoms with van der Waals surface area (Å²) in [5.41, 5.74) is 7.60. The molecule has 0 spiro atoms. The molecule has 1 aliphatic rings. The van der Waals surface area contributed by atoms with Crippen LogP contribution in [0.1, 0.15) is 36.7 Å². The molecular formula is C10H16N4. The van der Waals surface area contributed by atoms with Crippen LogP contribution in [0.4, 0.5) is 5.95 Å². The summed E-state index contributed by atoms with van der Waals surface area (Å²) in [6.45, 7) is 3.03. The molecule has 0 radical (unpaired) electrons. The molecule has 0 amide bonds. The zero-order valence-electron chi connectivity index (χ0n) is 8.45. The molecular weight excluding hydrogens is 176 g/mol. The highest BCUT2D eigenvalue weighted by atomic mass is 15.0. The summed E-state index contributed by atoms with van der Waals surface area (Å²) in [6, 6.07) is 2.38. The van der Waals surface area contributed by atoms with Crippen molar-refractivity contribution in [2.75, 3.05) is 12.3 Å². The minimum absolute atomic E-state index is 0.368. The molecule has 4 nitrogen and oxygen atoms in total. The third-order valence-electron chi connectivity index (χ3n) is 2.56. The molecule has 1 aromatic rings. The molecule has 0 aromatic carbocycles. The summed E-state index contributed by atoms with van der Waals surface area (Å²) in [5.74, 6) is 0.382. The molecule has 1 fully saturated rings. The van der Waals surface area contributed by atoms with E-state index < -0.39 is 0 Å². The lowest BCUT2D eigenvalue weighted by atomic mass is 10.0. The number of nitrogens with one attached hydrogen (secondary N) is 1. The quantitative estimate of drug-likeness (QED) is 0.701. The molecule has 0 aliphatic carbocycles. The van der Waals surface area contributed by atoms with Crippen molar-refractivity contribution in [2.45, 2.75) is 32.2 Å². The molecule has 0 saturated carbocycles. The fourth-order valence-electron chi connectivity index (χ4n) is 1.90. The largest absolute Gasteiger partial charge is 0.368 e. The van der Waals surface area contributed by atoms with Crippen molar-refractivity contribution >= 4 is 5.95 Å². The van der Waals surface area contributed by atoms with E-state index >= 15 is 0 Å². The lowest BCUT2D eigenvalue weighted by Gasteiger charge is -2.23. The van der Waals surface area contributed by atoms with Gasteiger partial charge in [-0.15, -0.1) is 0 Å². The van der Waals surface area contributed by atoms with Gasteiger partial charge < -0.3 is 11.1 Å². The van der Waals surface area contributed by atoms with Crippen LogP contribution in [0.25, 0.3) is 0 Å². The van der Waals surface area contributed by atoms with E-state index in [4.69, 9.17) is 5.73 Å². The maximum atomic E-state index is 5.62. The lowest BCUT2D eigenvalue weighted by molar-refractivity contribution is 0.405. The van der Waals surface area contributed by atoms with Crippen LogP contribution in [0.15, 0.2) is 6.07 Å². The second kappa shape index (κ2) is 3.92. The van der Waals surface area contributed by atoms with Crippen molar-refractivity contribution in [2.24, 2.45) is 0 Å². The van der Waals surface area contributed by atoms with Gasteiger partial charge in [-0.1, -0.05) is 6.42 Å². The SMILES string of the molecule is Cc1cc(C2CCCCN2)nc(N)n1. The highest BCUT2D eigenvalue weighted by Crippen LogP contribution is 2.21. The fraction of sp³-hybridized carbons (Fsp3) is 0.600. The first-order valence-electron chi connectivity index (χ1n) is 5.10. The number of hydrogen-bond donors (Lipinski definition) is 2. The van der Waals surface area contributed by atoms with Gasteiger partial charge in [-0.2, -0.15) is 0 Å². The van der Waals surface area contributed by atoms with Crippen LogP contribution in [0.3, 0.4) is 0 Å². The van der Waals surface area contributed by atoms with Crippen molar-refractivity contribution < 1.29 is 0 Å². The van der Waals surface area contributed by atoms with Gasteiger partial charge in [-0.25, -0.2) is 9.97 Å². The Morgan fingerprint density at radius 1 is 1.43 bits per heavy atom. The van der Waals surface area contributed by atoms with Crippen molar-refractivity contribution in [1.29, 1.82) is 0 Å². The van der Waals surface area contributed by atoms with Crippen LogP contribution in [0.5, 0.6) is 0 Å². The number of aromatic nitrogens is 2. The first-order valence-corrected chi connectivity index (χ1v) is 5.10. The standard InChI is InChI=1S/C10H16N4/c1-7-6-9(14-10(11)13-7)8-4-2-3-5-12-8/h6,8,12H,2-5H2,1H3,(H2,11,13,14). The Kier molecular flexibility index (Phi) is 2.63. The van der Waals surface area contributed by atoms with Gasteiger partial charge in [0, 0.05) is 11.7 Å². The summed E-state index contributed by atoms with van der Waals surface area (Å²) in [6.07, 6.45) is 3.67. The van der Waals surface area contributed by atoms with Gasteiger partial charge in [0.05, 0.1) is 5.69 Å². The fourth-order valence-corrected chi connectivity index (χ4v) is 1.90. The Labute approximate surface area is 83.9 Å². The first-order chi connectivity index (χ1) is 6.75. The van der Waals surface area contributed by atoms with Crippen LogP contribution in [-0.4, -0.2) is 16.5 Å². The Hall–Kier alpha value is -1.16. The van der Waals surface area contributed by atoms with Gasteiger partial charge in [-0.3, -0.25) is 0 Å². The molecule has 1 unspecified atom stereocenters. The van der Waals surface area contributed by atoms with Crippen LogP contribution in [0.2, 0.25) is 0 Å². The van der Waals surface area contributed by atoms with Crippen LogP contribution in [0, 0.1) is 6.92 Å². The second-order valence-electron chi connectivity index (χ2n) is 3.79. The van der Waals surface area contributed by atoms with E-state index in [1.165, 1.54) is 12.8 Å². The van der Waals surface area contributed by atoms with Gasteiger partial charge in [0.2, 0.25) is 5.95 Å². The Balaban J connectivity index is 2.21. The van der Waals surface area contributed by atoms with E-state index in [0.717, 1.165) is 24.4 Å². The highest BCUT2D eigenvalue weighted by molar-refractivity contribution is 5.23. The lowest BCUT2D eigenvalue weighted by Crippen LogP contribution is -2.27. The number of nitrogens with zero attached hydrogens (tertiary/aromatic N) is 2. The smallest absolute Gasteiger partial charge is 0.220 e. The van der Waals surface area contributed by atoms with Crippen LogP contribution < -0.4 is 11.1 Å². The number of rotatable bonds is 1. The molecule has 4 heteroatoms. The number of hydrogen-bond acceptors (Lipinski definition) is 4. The van der Waals surface area contributed by atoms with Gasteiger partial charge in [0.15, 0.2) is 0 Å². The Bertz CT molecular complexity index is 298. The topological polar surface area (TPSA) is 63.8 Å². The average molecular weight is 192 g/mol. The van der Waals surface area contributed by atoms with E-state index in [9.17, 15) is 0 Å². The number of anilines is 1. The highest BCUT2D eigenvalue weighted by Gasteiger charge is 2.16. The van der Waals surface area contributed by atoms with Gasteiger partial charge in [0.1, 0.15) is 0 Å². The maximum Gasteiger partial charge on any atom is 0.220 e. The normalized spacial score (nSPS) is 22.2. The molecule has 3 N–H and O–H groups in total. The van der Waals surface area contributed by atoms with E-state index in [0.29, 0.717) is 12.0 Å². The second-order valence-corrected chi connectivity index (χ2v) is 3.79. The third-order valence-corrected chi connectivity index (χ3v) is 2.56. The molecule has 14 heavy (non-hydrogen) atoms. The van der Waals surface area contributed by atoms with Crippen molar-refractivity contribution in [3.05, 3.63) is 17.5 Å². The molecule has 76 valence electrons. The monoisotopic (exact) mass is 192 g/mol. The zero-order valence-corrected chi connectivity index (χ0v) is 8.45. The predicted octanol–water partition coefficient (Wildman–Crippen LogP) is 1.18. The average Bonchev–Trinajstić information content (AvgIpc) is 2.18. The minimum atomic E-state index is 0.368. The summed E-state index contributed by atoms with van der Waals surface area (Å²) < 4.78 is 0. The van der Waals surface area contributed by atoms with Gasteiger partial charge in [0.25, 0.3) is 0 Å². The molecule has 1 aliphatic heterocycles. The summed E-state index contributed by atoms with van der Waals surface area (Å²) in [5, 5.41) is 3.44. The molecule has 0 bridgehead atoms. The predicted molar refractivity (Wildman–Crippen MR) is 55.8 cm³/mol. The van der Waals surface area contributed by atoms with Gasteiger partial charge in [-0.05, 0) is 32.4 Å². The molecule has 2 heterocycles. The van der Waals surface area contributed by atoms with E-state index in [2.05, 4.69) is 15.3 Å². The van der Waals surface area contributed by atoms with Crippen molar-refractivity contribution in [1.82, 2.24) is 15.3 Å². The van der Waals surface area contributed by atoms with E-state index in [-0.39, 0.29) is 0 Å². The van der Waals surface area contributed by atoms with Crippen LogP contribution in [-0.2, 0) is 0 Å². The number of nitrogen functional groups attached to an aromatic ring is 1. The molecule has 1 saturated heterocycles. The maximum absolute atomic E-state index is 5.62. The summed E-state index contributed by atoms with van der Waals surface area (Å²) >= 11 is 0. The minimum Gasteiger partial charge on any atom is -0.368 e. The summed E-state index contributed by atoms with van der Waals surface area (Å²) in [7, 11) is 0.